The molecule has 0 spiro atoms. The molecule has 1 N–H and O–H groups in total. The third-order valence-electron chi connectivity index (χ3n) is 3.63. The molecule has 0 unspecified atom stereocenters. The quantitative estimate of drug-likeness (QED) is 0.920. The van der Waals surface area contributed by atoms with Gasteiger partial charge in [0.25, 0.3) is 0 Å². The Morgan fingerprint density at radius 3 is 2.89 bits per heavy atom. The number of rotatable bonds is 3. The normalized spacial score (nSPS) is 15.7. The molecule has 0 aromatic carbocycles. The molecular weight excluding hydrogens is 240 g/mol. The van der Waals surface area contributed by atoms with E-state index in [-0.39, 0.29) is 17.7 Å². The second kappa shape index (κ2) is 4.64. The predicted octanol–water partition coefficient (Wildman–Crippen LogP) is 2.59. The number of carbonyl (C=O) groups excluding carboxylic acids is 1. The summed E-state index contributed by atoms with van der Waals surface area (Å²) in [6.45, 7) is 4.11. The summed E-state index contributed by atoms with van der Waals surface area (Å²) >= 11 is 0. The molecule has 1 amide bonds. The number of fused-ring (bicyclic) bond motifs is 1. The van der Waals surface area contributed by atoms with Crippen molar-refractivity contribution in [1.82, 2.24) is 14.6 Å². The van der Waals surface area contributed by atoms with Gasteiger partial charge in [0.2, 0.25) is 5.91 Å². The molecule has 19 heavy (non-hydrogen) atoms. The van der Waals surface area contributed by atoms with Crippen LogP contribution in [-0.4, -0.2) is 20.5 Å². The molecule has 1 aliphatic rings. The Labute approximate surface area is 112 Å². The summed E-state index contributed by atoms with van der Waals surface area (Å²) in [6, 6.07) is 3.76. The SMILES string of the molecule is CC(C)c1nc2c(NC(=O)C3CCC3)cccn2n1. The van der Waals surface area contributed by atoms with Crippen molar-refractivity contribution >= 4 is 17.2 Å². The van der Waals surface area contributed by atoms with Crippen LogP contribution in [0.1, 0.15) is 44.9 Å². The maximum absolute atomic E-state index is 12.0. The lowest BCUT2D eigenvalue weighted by molar-refractivity contribution is -0.122. The van der Waals surface area contributed by atoms with Gasteiger partial charge in [-0.2, -0.15) is 5.10 Å². The van der Waals surface area contributed by atoms with Crippen LogP contribution in [0.15, 0.2) is 18.3 Å². The molecule has 1 fully saturated rings. The maximum Gasteiger partial charge on any atom is 0.227 e. The van der Waals surface area contributed by atoms with E-state index in [0.29, 0.717) is 0 Å². The molecule has 0 radical (unpaired) electrons. The Morgan fingerprint density at radius 1 is 1.47 bits per heavy atom. The van der Waals surface area contributed by atoms with Crippen molar-refractivity contribution in [2.24, 2.45) is 5.92 Å². The molecule has 5 heteroatoms. The summed E-state index contributed by atoms with van der Waals surface area (Å²) in [5.74, 6) is 1.35. The first-order valence-corrected chi connectivity index (χ1v) is 6.81. The average Bonchev–Trinajstić information content (AvgIpc) is 2.71. The molecule has 5 nitrogen and oxygen atoms in total. The van der Waals surface area contributed by atoms with Crippen LogP contribution in [-0.2, 0) is 4.79 Å². The molecule has 100 valence electrons. The van der Waals surface area contributed by atoms with Gasteiger partial charge in [-0.25, -0.2) is 9.50 Å². The Kier molecular flexibility index (Phi) is 2.97. The number of aromatic nitrogens is 3. The van der Waals surface area contributed by atoms with Crippen LogP contribution in [0.3, 0.4) is 0 Å². The number of hydrogen-bond donors (Lipinski definition) is 1. The van der Waals surface area contributed by atoms with Gasteiger partial charge in [-0.3, -0.25) is 4.79 Å². The Hall–Kier alpha value is -1.91. The second-order valence-electron chi connectivity index (χ2n) is 5.43. The highest BCUT2D eigenvalue weighted by molar-refractivity contribution is 5.96. The second-order valence-corrected chi connectivity index (χ2v) is 5.43. The van der Waals surface area contributed by atoms with Gasteiger partial charge in [-0.1, -0.05) is 20.3 Å². The first-order chi connectivity index (χ1) is 9.15. The summed E-state index contributed by atoms with van der Waals surface area (Å²) in [7, 11) is 0. The minimum atomic E-state index is 0.105. The van der Waals surface area contributed by atoms with E-state index in [1.54, 1.807) is 4.52 Å². The standard InChI is InChI=1S/C14H18N4O/c1-9(2)12-16-13-11(7-4-8-18(13)17-12)15-14(19)10-5-3-6-10/h4,7-10H,3,5-6H2,1-2H3,(H,15,19). The number of nitrogens with one attached hydrogen (secondary N) is 1. The zero-order valence-electron chi connectivity index (χ0n) is 11.3. The van der Waals surface area contributed by atoms with Crippen LogP contribution in [0.25, 0.3) is 5.65 Å². The Bertz CT molecular complexity index is 613. The highest BCUT2D eigenvalue weighted by Gasteiger charge is 2.25. The van der Waals surface area contributed by atoms with E-state index in [9.17, 15) is 4.79 Å². The van der Waals surface area contributed by atoms with E-state index in [0.717, 1.165) is 36.4 Å². The first-order valence-electron chi connectivity index (χ1n) is 6.81. The minimum absolute atomic E-state index is 0.105. The Balaban J connectivity index is 1.91. The van der Waals surface area contributed by atoms with Crippen LogP contribution < -0.4 is 5.32 Å². The van der Waals surface area contributed by atoms with E-state index >= 15 is 0 Å². The molecular formula is C14H18N4O. The number of pyridine rings is 1. The van der Waals surface area contributed by atoms with E-state index in [1.807, 2.05) is 18.3 Å². The van der Waals surface area contributed by atoms with Crippen LogP contribution >= 0.6 is 0 Å². The van der Waals surface area contributed by atoms with Gasteiger partial charge >= 0.3 is 0 Å². The molecule has 1 saturated carbocycles. The Morgan fingerprint density at radius 2 is 2.26 bits per heavy atom. The highest BCUT2D eigenvalue weighted by atomic mass is 16.1. The molecule has 2 aromatic heterocycles. The van der Waals surface area contributed by atoms with Crippen molar-refractivity contribution in [3.05, 3.63) is 24.2 Å². The molecule has 2 heterocycles. The number of hydrogen-bond acceptors (Lipinski definition) is 3. The van der Waals surface area contributed by atoms with Crippen LogP contribution in [0.4, 0.5) is 5.69 Å². The predicted molar refractivity (Wildman–Crippen MR) is 73.0 cm³/mol. The monoisotopic (exact) mass is 258 g/mol. The van der Waals surface area contributed by atoms with Gasteiger partial charge in [-0.05, 0) is 25.0 Å². The molecule has 3 rings (SSSR count). The van der Waals surface area contributed by atoms with Crippen molar-refractivity contribution in [1.29, 1.82) is 0 Å². The lowest BCUT2D eigenvalue weighted by Gasteiger charge is -2.23. The fraction of sp³-hybridized carbons (Fsp3) is 0.500. The van der Waals surface area contributed by atoms with E-state index in [1.165, 1.54) is 0 Å². The van der Waals surface area contributed by atoms with Gasteiger partial charge in [0.05, 0.1) is 5.69 Å². The van der Waals surface area contributed by atoms with Crippen LogP contribution in [0, 0.1) is 5.92 Å². The molecule has 2 aromatic rings. The average molecular weight is 258 g/mol. The van der Waals surface area contributed by atoms with E-state index < -0.39 is 0 Å². The molecule has 0 aliphatic heterocycles. The summed E-state index contributed by atoms with van der Waals surface area (Å²) in [5, 5.41) is 7.39. The molecule has 1 aliphatic carbocycles. The fourth-order valence-corrected chi connectivity index (χ4v) is 2.17. The molecule has 0 bridgehead atoms. The third kappa shape index (κ3) is 2.20. The smallest absolute Gasteiger partial charge is 0.227 e. The van der Waals surface area contributed by atoms with Crippen molar-refractivity contribution in [3.63, 3.8) is 0 Å². The lowest BCUT2D eigenvalue weighted by atomic mass is 9.85. The topological polar surface area (TPSA) is 59.3 Å². The largest absolute Gasteiger partial charge is 0.323 e. The van der Waals surface area contributed by atoms with Gasteiger partial charge in [0, 0.05) is 18.0 Å². The summed E-state index contributed by atoms with van der Waals surface area (Å²) in [6.07, 6.45) is 5.01. The van der Waals surface area contributed by atoms with Gasteiger partial charge in [0.1, 0.15) is 0 Å². The number of anilines is 1. The highest BCUT2D eigenvalue weighted by Crippen LogP contribution is 2.28. The van der Waals surface area contributed by atoms with Gasteiger partial charge in [0.15, 0.2) is 11.5 Å². The zero-order chi connectivity index (χ0) is 13.4. The zero-order valence-corrected chi connectivity index (χ0v) is 11.3. The first kappa shape index (κ1) is 12.1. The van der Waals surface area contributed by atoms with Gasteiger partial charge in [-0.15, -0.1) is 0 Å². The fourth-order valence-electron chi connectivity index (χ4n) is 2.17. The molecule has 0 saturated heterocycles. The van der Waals surface area contributed by atoms with E-state index in [2.05, 4.69) is 29.2 Å². The lowest BCUT2D eigenvalue weighted by Crippen LogP contribution is -2.28. The maximum atomic E-state index is 12.0. The van der Waals surface area contributed by atoms with Crippen molar-refractivity contribution < 1.29 is 4.79 Å². The third-order valence-corrected chi connectivity index (χ3v) is 3.63. The number of nitrogens with zero attached hydrogens (tertiary/aromatic N) is 3. The van der Waals surface area contributed by atoms with E-state index in [4.69, 9.17) is 0 Å². The van der Waals surface area contributed by atoms with Crippen molar-refractivity contribution in [2.45, 2.75) is 39.0 Å². The van der Waals surface area contributed by atoms with Gasteiger partial charge < -0.3 is 5.32 Å². The van der Waals surface area contributed by atoms with Crippen molar-refractivity contribution in [3.8, 4) is 0 Å². The summed E-state index contributed by atoms with van der Waals surface area (Å²) < 4.78 is 1.73. The van der Waals surface area contributed by atoms with Crippen molar-refractivity contribution in [2.75, 3.05) is 5.32 Å². The summed E-state index contributed by atoms with van der Waals surface area (Å²) in [5.41, 5.74) is 1.47. The number of carbonyl (C=O) groups is 1. The van der Waals surface area contributed by atoms with Crippen LogP contribution in [0.2, 0.25) is 0 Å². The summed E-state index contributed by atoms with van der Waals surface area (Å²) in [4.78, 5) is 16.5. The number of amides is 1. The van der Waals surface area contributed by atoms with Crippen LogP contribution in [0.5, 0.6) is 0 Å². The molecule has 0 atom stereocenters. The minimum Gasteiger partial charge on any atom is -0.323 e.